The standard InChI is InChI=1S/C13H20N4O2/c1-3-14-12-7-6-11(15-16-12)13(18)17-8-4-5-10(9-17)19-2/h6-7,10H,3-5,8-9H2,1-2H3,(H,14,16). The summed E-state index contributed by atoms with van der Waals surface area (Å²) in [4.78, 5) is 14.1. The van der Waals surface area contributed by atoms with Crippen molar-refractivity contribution < 1.29 is 9.53 Å². The van der Waals surface area contributed by atoms with Crippen LogP contribution in [0.2, 0.25) is 0 Å². The molecule has 1 aromatic rings. The Kier molecular flexibility index (Phi) is 4.68. The van der Waals surface area contributed by atoms with Crippen molar-refractivity contribution in [1.29, 1.82) is 0 Å². The molecule has 19 heavy (non-hydrogen) atoms. The van der Waals surface area contributed by atoms with Gasteiger partial charge in [0.05, 0.1) is 6.10 Å². The summed E-state index contributed by atoms with van der Waals surface area (Å²) in [6.45, 7) is 4.16. The van der Waals surface area contributed by atoms with Gasteiger partial charge in [0.15, 0.2) is 5.69 Å². The third-order valence-electron chi connectivity index (χ3n) is 3.24. The molecule has 2 rings (SSSR count). The maximum Gasteiger partial charge on any atom is 0.274 e. The number of nitrogens with one attached hydrogen (secondary N) is 1. The summed E-state index contributed by atoms with van der Waals surface area (Å²) in [5.74, 6) is 0.616. The third kappa shape index (κ3) is 3.41. The highest BCUT2D eigenvalue weighted by Crippen LogP contribution is 2.15. The Hall–Kier alpha value is -1.69. The second-order valence-electron chi connectivity index (χ2n) is 4.59. The van der Waals surface area contributed by atoms with Gasteiger partial charge in [0.2, 0.25) is 0 Å². The maximum atomic E-state index is 12.3. The van der Waals surface area contributed by atoms with Crippen LogP contribution in [-0.2, 0) is 4.74 Å². The largest absolute Gasteiger partial charge is 0.380 e. The van der Waals surface area contributed by atoms with Crippen molar-refractivity contribution in [3.63, 3.8) is 0 Å². The average molecular weight is 264 g/mol. The van der Waals surface area contributed by atoms with Crippen LogP contribution in [0.5, 0.6) is 0 Å². The zero-order valence-corrected chi connectivity index (χ0v) is 11.4. The average Bonchev–Trinajstić information content (AvgIpc) is 2.48. The van der Waals surface area contributed by atoms with Gasteiger partial charge in [0, 0.05) is 26.7 Å². The first-order valence-electron chi connectivity index (χ1n) is 6.64. The minimum atomic E-state index is -0.0719. The summed E-state index contributed by atoms with van der Waals surface area (Å²) in [6.07, 6.45) is 2.10. The number of hydrogen-bond acceptors (Lipinski definition) is 5. The van der Waals surface area contributed by atoms with E-state index in [9.17, 15) is 4.79 Å². The number of rotatable bonds is 4. The zero-order valence-electron chi connectivity index (χ0n) is 11.4. The molecule has 1 aliphatic heterocycles. The highest BCUT2D eigenvalue weighted by Gasteiger charge is 2.25. The lowest BCUT2D eigenvalue weighted by Crippen LogP contribution is -2.43. The number of amides is 1. The van der Waals surface area contributed by atoms with E-state index in [1.165, 1.54) is 0 Å². The molecule has 1 N–H and O–H groups in total. The lowest BCUT2D eigenvalue weighted by Gasteiger charge is -2.31. The van der Waals surface area contributed by atoms with E-state index < -0.39 is 0 Å². The first-order chi connectivity index (χ1) is 9.24. The summed E-state index contributed by atoms with van der Waals surface area (Å²) in [5, 5.41) is 11.0. The van der Waals surface area contributed by atoms with Crippen LogP contribution in [0.1, 0.15) is 30.3 Å². The summed E-state index contributed by atoms with van der Waals surface area (Å²) >= 11 is 0. The highest BCUT2D eigenvalue weighted by molar-refractivity contribution is 5.92. The van der Waals surface area contributed by atoms with Crippen LogP contribution >= 0.6 is 0 Å². The molecule has 1 fully saturated rings. The smallest absolute Gasteiger partial charge is 0.274 e. The van der Waals surface area contributed by atoms with E-state index in [0.717, 1.165) is 25.9 Å². The second kappa shape index (κ2) is 6.47. The molecule has 6 nitrogen and oxygen atoms in total. The SMILES string of the molecule is CCNc1ccc(C(=O)N2CCCC(OC)C2)nn1. The Morgan fingerprint density at radius 2 is 2.37 bits per heavy atom. The molecule has 0 saturated carbocycles. The van der Waals surface area contributed by atoms with Crippen LogP contribution < -0.4 is 5.32 Å². The predicted molar refractivity (Wildman–Crippen MR) is 72.1 cm³/mol. The van der Waals surface area contributed by atoms with Crippen molar-refractivity contribution in [3.8, 4) is 0 Å². The number of hydrogen-bond donors (Lipinski definition) is 1. The van der Waals surface area contributed by atoms with E-state index in [4.69, 9.17) is 4.74 Å². The topological polar surface area (TPSA) is 67.4 Å². The molecular formula is C13H20N4O2. The van der Waals surface area contributed by atoms with E-state index in [1.807, 2.05) is 6.92 Å². The number of aromatic nitrogens is 2. The van der Waals surface area contributed by atoms with Crippen molar-refractivity contribution in [3.05, 3.63) is 17.8 Å². The number of methoxy groups -OCH3 is 1. The van der Waals surface area contributed by atoms with Crippen molar-refractivity contribution in [2.24, 2.45) is 0 Å². The lowest BCUT2D eigenvalue weighted by atomic mass is 10.1. The van der Waals surface area contributed by atoms with Crippen molar-refractivity contribution >= 4 is 11.7 Å². The van der Waals surface area contributed by atoms with E-state index >= 15 is 0 Å². The van der Waals surface area contributed by atoms with Crippen LogP contribution in [-0.4, -0.2) is 53.9 Å². The Balaban J connectivity index is 2.02. The quantitative estimate of drug-likeness (QED) is 0.884. The molecule has 1 aliphatic rings. The summed E-state index contributed by atoms with van der Waals surface area (Å²) < 4.78 is 5.32. The van der Waals surface area contributed by atoms with Crippen molar-refractivity contribution in [1.82, 2.24) is 15.1 Å². The number of piperidine rings is 1. The minimum absolute atomic E-state index is 0.0719. The third-order valence-corrected chi connectivity index (χ3v) is 3.24. The molecule has 0 spiro atoms. The van der Waals surface area contributed by atoms with Gasteiger partial charge >= 0.3 is 0 Å². The summed E-state index contributed by atoms with van der Waals surface area (Å²) in [7, 11) is 1.68. The van der Waals surface area contributed by atoms with Crippen LogP contribution in [0.25, 0.3) is 0 Å². The first kappa shape index (κ1) is 13.7. The van der Waals surface area contributed by atoms with Gasteiger partial charge in [-0.2, -0.15) is 0 Å². The molecule has 2 heterocycles. The summed E-state index contributed by atoms with van der Waals surface area (Å²) in [5.41, 5.74) is 0.387. The minimum Gasteiger partial charge on any atom is -0.380 e. The molecule has 0 aliphatic carbocycles. The zero-order chi connectivity index (χ0) is 13.7. The molecule has 0 bridgehead atoms. The number of carbonyl (C=O) groups is 1. The monoisotopic (exact) mass is 264 g/mol. The van der Waals surface area contributed by atoms with Gasteiger partial charge in [-0.05, 0) is 31.9 Å². The van der Waals surface area contributed by atoms with Gasteiger partial charge in [-0.3, -0.25) is 4.79 Å². The van der Waals surface area contributed by atoms with Gasteiger partial charge in [0.25, 0.3) is 5.91 Å². The van der Waals surface area contributed by atoms with Crippen LogP contribution in [0.3, 0.4) is 0 Å². The van der Waals surface area contributed by atoms with Gasteiger partial charge in [-0.1, -0.05) is 0 Å². The number of carbonyl (C=O) groups excluding carboxylic acids is 1. The molecular weight excluding hydrogens is 244 g/mol. The Morgan fingerprint density at radius 3 is 3.00 bits per heavy atom. The fraction of sp³-hybridized carbons (Fsp3) is 0.615. The summed E-state index contributed by atoms with van der Waals surface area (Å²) in [6, 6.07) is 3.49. The number of nitrogens with zero attached hydrogens (tertiary/aromatic N) is 3. The van der Waals surface area contributed by atoms with Crippen molar-refractivity contribution in [2.45, 2.75) is 25.9 Å². The van der Waals surface area contributed by atoms with Crippen LogP contribution in [0.15, 0.2) is 12.1 Å². The number of ether oxygens (including phenoxy) is 1. The normalized spacial score (nSPS) is 19.3. The molecule has 1 saturated heterocycles. The maximum absolute atomic E-state index is 12.3. The first-order valence-corrected chi connectivity index (χ1v) is 6.64. The Labute approximate surface area is 113 Å². The van der Waals surface area contributed by atoms with Gasteiger partial charge in [-0.15, -0.1) is 10.2 Å². The fourth-order valence-electron chi connectivity index (χ4n) is 2.20. The molecule has 0 aromatic carbocycles. The van der Waals surface area contributed by atoms with E-state index in [0.29, 0.717) is 18.1 Å². The van der Waals surface area contributed by atoms with E-state index in [1.54, 1.807) is 24.1 Å². The molecule has 1 unspecified atom stereocenters. The fourth-order valence-corrected chi connectivity index (χ4v) is 2.20. The molecule has 6 heteroatoms. The predicted octanol–water partition coefficient (Wildman–Crippen LogP) is 1.16. The molecule has 1 amide bonds. The van der Waals surface area contributed by atoms with Gasteiger partial charge < -0.3 is 15.0 Å². The van der Waals surface area contributed by atoms with E-state index in [2.05, 4.69) is 15.5 Å². The number of anilines is 1. The van der Waals surface area contributed by atoms with Crippen molar-refractivity contribution in [2.75, 3.05) is 32.1 Å². The molecule has 104 valence electrons. The van der Waals surface area contributed by atoms with E-state index in [-0.39, 0.29) is 12.0 Å². The number of likely N-dealkylation sites (tertiary alicyclic amines) is 1. The lowest BCUT2D eigenvalue weighted by molar-refractivity contribution is 0.0265. The Morgan fingerprint density at radius 1 is 1.53 bits per heavy atom. The van der Waals surface area contributed by atoms with Crippen LogP contribution in [0.4, 0.5) is 5.82 Å². The molecule has 0 radical (unpaired) electrons. The second-order valence-corrected chi connectivity index (χ2v) is 4.59. The molecule has 1 aromatic heterocycles. The van der Waals surface area contributed by atoms with Gasteiger partial charge in [-0.25, -0.2) is 0 Å². The molecule has 1 atom stereocenters. The highest BCUT2D eigenvalue weighted by atomic mass is 16.5. The Bertz CT molecular complexity index is 421. The van der Waals surface area contributed by atoms with Gasteiger partial charge in [0.1, 0.15) is 5.82 Å². The van der Waals surface area contributed by atoms with Crippen LogP contribution in [0, 0.1) is 0 Å².